The average Bonchev–Trinajstić information content (AvgIpc) is 3.11. The molecule has 0 atom stereocenters. The number of ether oxygens (including phenoxy) is 2. The fourth-order valence-electron chi connectivity index (χ4n) is 3.62. The van der Waals surface area contributed by atoms with E-state index in [0.717, 1.165) is 21.5 Å². The molecule has 3 heterocycles. The van der Waals surface area contributed by atoms with Gasteiger partial charge in [0.2, 0.25) is 0 Å². The fourth-order valence-corrected chi connectivity index (χ4v) is 3.62. The van der Waals surface area contributed by atoms with E-state index in [1.54, 1.807) is 30.1 Å². The summed E-state index contributed by atoms with van der Waals surface area (Å²) in [5, 5.41) is 4.33. The molecule has 1 aromatic carbocycles. The molecule has 4 rings (SSSR count). The molecule has 6 nitrogen and oxygen atoms in total. The van der Waals surface area contributed by atoms with Crippen LogP contribution >= 0.6 is 0 Å². The number of rotatable bonds is 4. The second-order valence-corrected chi connectivity index (χ2v) is 6.76. The van der Waals surface area contributed by atoms with Gasteiger partial charge in [-0.05, 0) is 41.8 Å². The Hall–Kier alpha value is -3.23. The molecule has 0 unspecified atom stereocenters. The third-order valence-corrected chi connectivity index (χ3v) is 4.96. The number of methoxy groups -OCH3 is 2. The Kier molecular flexibility index (Phi) is 4.60. The summed E-state index contributed by atoms with van der Waals surface area (Å²) in [5.41, 5.74) is 3.27. The molecule has 0 fully saturated rings. The van der Waals surface area contributed by atoms with Crippen molar-refractivity contribution < 1.29 is 27.4 Å². The molecule has 0 N–H and O–H groups in total. The van der Waals surface area contributed by atoms with Crippen molar-refractivity contribution in [3.63, 3.8) is 0 Å². The maximum absolute atomic E-state index is 12.8. The lowest BCUT2D eigenvalue weighted by molar-refractivity contribution is -0.141. The number of benzene rings is 1. The summed E-state index contributed by atoms with van der Waals surface area (Å²) in [6, 6.07) is 7.16. The first-order chi connectivity index (χ1) is 13.8. The van der Waals surface area contributed by atoms with Gasteiger partial charge < -0.3 is 14.4 Å². The quantitative estimate of drug-likeness (QED) is 0.666. The van der Waals surface area contributed by atoms with E-state index in [0.29, 0.717) is 17.7 Å². The highest BCUT2D eigenvalue weighted by Crippen LogP contribution is 2.36. The van der Waals surface area contributed by atoms with Crippen molar-refractivity contribution in [3.8, 4) is 22.6 Å². The van der Waals surface area contributed by atoms with Crippen molar-refractivity contribution in [3.05, 3.63) is 47.8 Å². The van der Waals surface area contributed by atoms with E-state index in [2.05, 4.69) is 5.10 Å². The number of nitrogens with zero attached hydrogens (tertiary/aromatic N) is 3. The second kappa shape index (κ2) is 6.98. The molecule has 0 radical (unpaired) electrons. The molecule has 2 aromatic heterocycles. The number of amides is 1. The van der Waals surface area contributed by atoms with Gasteiger partial charge in [0.15, 0.2) is 0 Å². The van der Waals surface area contributed by atoms with Gasteiger partial charge in [0.25, 0.3) is 5.91 Å². The fraction of sp³-hybridized carbons (Fsp3) is 0.300. The number of carbonyl (C=O) groups is 1. The molecule has 1 aliphatic rings. The number of halogens is 3. The minimum absolute atomic E-state index is 0.00388. The van der Waals surface area contributed by atoms with Crippen LogP contribution in [0.3, 0.4) is 0 Å². The minimum Gasteiger partial charge on any atom is -0.496 e. The summed E-state index contributed by atoms with van der Waals surface area (Å²) in [5.74, 6) is 0.240. The molecule has 29 heavy (non-hydrogen) atoms. The van der Waals surface area contributed by atoms with Gasteiger partial charge in [0, 0.05) is 12.1 Å². The molecule has 0 aliphatic carbocycles. The summed E-state index contributed by atoms with van der Waals surface area (Å²) in [6.07, 6.45) is -0.698. The minimum atomic E-state index is -4.45. The van der Waals surface area contributed by atoms with E-state index in [1.807, 2.05) is 18.2 Å². The SMILES string of the molecule is COc1ccc2c(-c3cc4c(c(OC)c3)C(=O)N(CC(F)(F)F)CC4)cnn2c1. The predicted molar refractivity (Wildman–Crippen MR) is 99.4 cm³/mol. The van der Waals surface area contributed by atoms with Crippen LogP contribution in [-0.2, 0) is 6.42 Å². The van der Waals surface area contributed by atoms with Crippen LogP contribution in [0.2, 0.25) is 0 Å². The first-order valence-corrected chi connectivity index (χ1v) is 8.89. The Morgan fingerprint density at radius 1 is 1.17 bits per heavy atom. The Bertz CT molecular complexity index is 1070. The molecule has 152 valence electrons. The van der Waals surface area contributed by atoms with Crippen LogP contribution in [0.5, 0.6) is 11.5 Å². The number of fused-ring (bicyclic) bond motifs is 2. The van der Waals surface area contributed by atoms with E-state index >= 15 is 0 Å². The van der Waals surface area contributed by atoms with Crippen LogP contribution < -0.4 is 9.47 Å². The molecular formula is C20H18F3N3O3. The van der Waals surface area contributed by atoms with Crippen LogP contribution in [0, 0.1) is 0 Å². The van der Waals surface area contributed by atoms with Gasteiger partial charge in [-0.3, -0.25) is 4.79 Å². The van der Waals surface area contributed by atoms with Crippen LogP contribution in [0.1, 0.15) is 15.9 Å². The van der Waals surface area contributed by atoms with E-state index in [1.165, 1.54) is 7.11 Å². The summed E-state index contributed by atoms with van der Waals surface area (Å²) in [6.45, 7) is -1.27. The van der Waals surface area contributed by atoms with E-state index < -0.39 is 18.6 Å². The number of aromatic nitrogens is 2. The zero-order valence-electron chi connectivity index (χ0n) is 15.8. The van der Waals surface area contributed by atoms with E-state index in [-0.39, 0.29) is 17.9 Å². The summed E-state index contributed by atoms with van der Waals surface area (Å²) >= 11 is 0. The normalized spacial score (nSPS) is 14.2. The van der Waals surface area contributed by atoms with E-state index in [9.17, 15) is 18.0 Å². The largest absolute Gasteiger partial charge is 0.496 e. The maximum Gasteiger partial charge on any atom is 0.406 e. The summed E-state index contributed by atoms with van der Waals surface area (Å²) in [4.78, 5) is 13.5. The number of alkyl halides is 3. The third kappa shape index (κ3) is 3.48. The van der Waals surface area contributed by atoms with Crippen molar-refractivity contribution >= 4 is 11.4 Å². The van der Waals surface area contributed by atoms with Crippen LogP contribution in [0.15, 0.2) is 36.7 Å². The second-order valence-electron chi connectivity index (χ2n) is 6.76. The Morgan fingerprint density at radius 2 is 1.97 bits per heavy atom. The van der Waals surface area contributed by atoms with Crippen molar-refractivity contribution in [1.82, 2.24) is 14.5 Å². The molecule has 0 bridgehead atoms. The van der Waals surface area contributed by atoms with Crippen molar-refractivity contribution in [1.29, 1.82) is 0 Å². The summed E-state index contributed by atoms with van der Waals surface area (Å²) in [7, 11) is 2.97. The number of pyridine rings is 1. The standard InChI is InChI=1S/C20H18F3N3O3/c1-28-14-3-4-16-15(9-24-26(16)10-14)13-7-12-5-6-25(11-20(21,22)23)19(27)18(12)17(8-13)29-2/h3-4,7-10H,5-6,11H2,1-2H3. The number of carbonyl (C=O) groups excluding carboxylic acids is 1. The van der Waals surface area contributed by atoms with Gasteiger partial charge in [-0.25, -0.2) is 4.52 Å². The van der Waals surface area contributed by atoms with Crippen LogP contribution in [0.25, 0.3) is 16.6 Å². The molecule has 0 spiro atoms. The lowest BCUT2D eigenvalue weighted by Gasteiger charge is -2.30. The zero-order chi connectivity index (χ0) is 20.8. The lowest BCUT2D eigenvalue weighted by Crippen LogP contribution is -2.43. The monoisotopic (exact) mass is 405 g/mol. The highest BCUT2D eigenvalue weighted by Gasteiger charge is 2.37. The third-order valence-electron chi connectivity index (χ3n) is 4.96. The number of hydrogen-bond donors (Lipinski definition) is 0. The van der Waals surface area contributed by atoms with Crippen LogP contribution in [-0.4, -0.2) is 53.9 Å². The molecule has 3 aromatic rings. The highest BCUT2D eigenvalue weighted by molar-refractivity contribution is 6.00. The maximum atomic E-state index is 12.8. The number of hydrogen-bond acceptors (Lipinski definition) is 4. The van der Waals surface area contributed by atoms with Gasteiger partial charge in [0.05, 0.1) is 37.7 Å². The van der Waals surface area contributed by atoms with Gasteiger partial charge in [-0.1, -0.05) is 0 Å². The van der Waals surface area contributed by atoms with Gasteiger partial charge in [-0.15, -0.1) is 0 Å². The topological polar surface area (TPSA) is 56.1 Å². The molecule has 0 saturated carbocycles. The van der Waals surface area contributed by atoms with Gasteiger partial charge >= 0.3 is 6.18 Å². The molecule has 9 heteroatoms. The smallest absolute Gasteiger partial charge is 0.406 e. The molecule has 0 saturated heterocycles. The Balaban J connectivity index is 1.77. The first kappa shape index (κ1) is 19.1. The van der Waals surface area contributed by atoms with Crippen molar-refractivity contribution in [2.24, 2.45) is 0 Å². The molecular weight excluding hydrogens is 387 g/mol. The Morgan fingerprint density at radius 3 is 2.66 bits per heavy atom. The van der Waals surface area contributed by atoms with E-state index in [4.69, 9.17) is 9.47 Å². The van der Waals surface area contributed by atoms with Crippen LogP contribution in [0.4, 0.5) is 13.2 Å². The Labute approximate surface area is 164 Å². The highest BCUT2D eigenvalue weighted by atomic mass is 19.4. The first-order valence-electron chi connectivity index (χ1n) is 8.89. The molecule has 1 amide bonds. The molecule has 1 aliphatic heterocycles. The van der Waals surface area contributed by atoms with Crippen molar-refractivity contribution in [2.45, 2.75) is 12.6 Å². The van der Waals surface area contributed by atoms with Crippen molar-refractivity contribution in [2.75, 3.05) is 27.3 Å². The predicted octanol–water partition coefficient (Wildman–Crippen LogP) is 3.58. The zero-order valence-corrected chi connectivity index (χ0v) is 15.8. The van der Waals surface area contributed by atoms with Gasteiger partial charge in [-0.2, -0.15) is 18.3 Å². The summed E-state index contributed by atoms with van der Waals surface area (Å²) < 4.78 is 50.6. The average molecular weight is 405 g/mol. The van der Waals surface area contributed by atoms with Gasteiger partial charge in [0.1, 0.15) is 18.0 Å². The lowest BCUT2D eigenvalue weighted by atomic mass is 9.93.